The van der Waals surface area contributed by atoms with Crippen LogP contribution in [0.2, 0.25) is 0 Å². The van der Waals surface area contributed by atoms with Crippen LogP contribution in [0.1, 0.15) is 63.4 Å². The number of hydrogen-bond acceptors (Lipinski definition) is 4. The van der Waals surface area contributed by atoms with E-state index in [1.54, 1.807) is 17.9 Å². The number of ether oxygens (including phenoxy) is 2. The minimum absolute atomic E-state index is 0.0140. The maximum absolute atomic E-state index is 12.5. The second-order valence-corrected chi connectivity index (χ2v) is 7.39. The van der Waals surface area contributed by atoms with E-state index >= 15 is 0 Å². The summed E-state index contributed by atoms with van der Waals surface area (Å²) in [5, 5.41) is 0. The first-order chi connectivity index (χ1) is 12.2. The molecule has 5 nitrogen and oxygen atoms in total. The second-order valence-electron chi connectivity index (χ2n) is 7.39. The average Bonchev–Trinajstić information content (AvgIpc) is 2.60. The number of nitrogens with zero attached hydrogens (tertiary/aromatic N) is 1. The third kappa shape index (κ3) is 5.10. The topological polar surface area (TPSA) is 55.8 Å². The first kappa shape index (κ1) is 20.0. The lowest BCUT2D eigenvalue weighted by molar-refractivity contribution is 0.0192. The molecule has 1 aromatic carbocycles. The third-order valence-corrected chi connectivity index (χ3v) is 4.21. The van der Waals surface area contributed by atoms with Gasteiger partial charge in [0.25, 0.3) is 0 Å². The molecule has 0 aromatic heterocycles. The highest BCUT2D eigenvalue weighted by molar-refractivity contribution is 5.90. The van der Waals surface area contributed by atoms with Crippen LogP contribution >= 0.6 is 0 Å². The van der Waals surface area contributed by atoms with Gasteiger partial charge < -0.3 is 14.4 Å². The highest BCUT2D eigenvalue weighted by atomic mass is 16.6. The summed E-state index contributed by atoms with van der Waals surface area (Å²) >= 11 is 0. The second kappa shape index (κ2) is 8.39. The van der Waals surface area contributed by atoms with Gasteiger partial charge >= 0.3 is 12.1 Å². The molecule has 1 unspecified atom stereocenters. The zero-order valence-corrected chi connectivity index (χ0v) is 16.4. The highest BCUT2D eigenvalue weighted by Crippen LogP contribution is 2.28. The Morgan fingerprint density at radius 1 is 1.23 bits per heavy atom. The molecule has 26 heavy (non-hydrogen) atoms. The summed E-state index contributed by atoms with van der Waals surface area (Å²) < 4.78 is 10.6. The number of rotatable bonds is 4. The van der Waals surface area contributed by atoms with Crippen LogP contribution < -0.4 is 0 Å². The summed E-state index contributed by atoms with van der Waals surface area (Å²) in [4.78, 5) is 26.2. The molecule has 0 saturated heterocycles. The Morgan fingerprint density at radius 3 is 2.58 bits per heavy atom. The van der Waals surface area contributed by atoms with Crippen molar-refractivity contribution >= 4 is 17.6 Å². The summed E-state index contributed by atoms with van der Waals surface area (Å²) in [7, 11) is 0. The molecule has 5 heteroatoms. The van der Waals surface area contributed by atoms with Gasteiger partial charge in [0.05, 0.1) is 18.2 Å². The molecule has 0 spiro atoms. The van der Waals surface area contributed by atoms with Crippen LogP contribution in [0.15, 0.2) is 30.3 Å². The largest absolute Gasteiger partial charge is 0.462 e. The number of carbonyl (C=O) groups excluding carboxylic acids is 2. The number of hydrogen-bond donors (Lipinski definition) is 0. The van der Waals surface area contributed by atoms with Crippen molar-refractivity contribution in [3.63, 3.8) is 0 Å². The van der Waals surface area contributed by atoms with Crippen molar-refractivity contribution < 1.29 is 19.1 Å². The molecule has 0 bridgehead atoms. The van der Waals surface area contributed by atoms with Gasteiger partial charge in [-0.25, -0.2) is 9.59 Å². The zero-order valence-electron chi connectivity index (χ0n) is 16.4. The molecule has 1 atom stereocenters. The van der Waals surface area contributed by atoms with Crippen molar-refractivity contribution in [2.45, 2.75) is 59.1 Å². The molecule has 1 aromatic rings. The summed E-state index contributed by atoms with van der Waals surface area (Å²) in [6.07, 6.45) is 3.36. The fourth-order valence-corrected chi connectivity index (χ4v) is 3.00. The van der Waals surface area contributed by atoms with E-state index < -0.39 is 5.60 Å². The van der Waals surface area contributed by atoms with E-state index in [1.165, 1.54) is 0 Å². The van der Waals surface area contributed by atoms with Crippen LogP contribution in [-0.4, -0.2) is 41.8 Å². The Labute approximate surface area is 156 Å². The molecule has 1 amide bonds. The Hall–Kier alpha value is -2.30. The predicted molar refractivity (Wildman–Crippen MR) is 102 cm³/mol. The van der Waals surface area contributed by atoms with Gasteiger partial charge in [0.15, 0.2) is 0 Å². The first-order valence-corrected chi connectivity index (χ1v) is 9.23. The van der Waals surface area contributed by atoms with E-state index in [0.717, 1.165) is 24.0 Å². The van der Waals surface area contributed by atoms with Crippen molar-refractivity contribution in [1.82, 2.24) is 4.90 Å². The summed E-state index contributed by atoms with van der Waals surface area (Å²) in [5.74, 6) is -0.312. The molecule has 0 N–H and O–H groups in total. The van der Waals surface area contributed by atoms with Gasteiger partial charge in [-0.2, -0.15) is 0 Å². The Bertz CT molecular complexity index is 687. The van der Waals surface area contributed by atoms with E-state index in [2.05, 4.69) is 13.0 Å². The molecular weight excluding hydrogens is 330 g/mol. The summed E-state index contributed by atoms with van der Waals surface area (Å²) in [6.45, 7) is 10.4. The predicted octanol–water partition coefficient (Wildman–Crippen LogP) is 4.67. The number of esters is 1. The fourth-order valence-electron chi connectivity index (χ4n) is 3.00. The Balaban J connectivity index is 2.21. The summed E-state index contributed by atoms with van der Waals surface area (Å²) in [5.41, 5.74) is 2.18. The van der Waals surface area contributed by atoms with Gasteiger partial charge in [0.1, 0.15) is 5.60 Å². The number of benzene rings is 1. The van der Waals surface area contributed by atoms with E-state index in [9.17, 15) is 9.59 Å². The molecular formula is C21H29NO4. The van der Waals surface area contributed by atoms with Gasteiger partial charge in [-0.3, -0.25) is 0 Å². The average molecular weight is 359 g/mol. The van der Waals surface area contributed by atoms with Gasteiger partial charge in [-0.15, -0.1) is 0 Å². The van der Waals surface area contributed by atoms with E-state index in [4.69, 9.17) is 9.47 Å². The quantitative estimate of drug-likeness (QED) is 0.733. The lowest BCUT2D eigenvalue weighted by Gasteiger charge is -2.35. The van der Waals surface area contributed by atoms with Gasteiger partial charge in [-0.05, 0) is 63.8 Å². The minimum Gasteiger partial charge on any atom is -0.462 e. The van der Waals surface area contributed by atoms with E-state index in [-0.39, 0.29) is 18.1 Å². The molecule has 0 saturated carbocycles. The van der Waals surface area contributed by atoms with Crippen molar-refractivity contribution in [3.8, 4) is 0 Å². The van der Waals surface area contributed by atoms with Crippen LogP contribution in [0, 0.1) is 0 Å². The standard InChI is InChI=1S/C21H29NO4/c1-6-18-14-16(11-12-22(18)20(24)26-21(3,4)5)15-9-8-10-17(13-15)19(23)25-7-2/h8-10,13-14,18H,6-7,11-12H2,1-5H3. The van der Waals surface area contributed by atoms with Crippen molar-refractivity contribution in [3.05, 3.63) is 41.5 Å². The maximum Gasteiger partial charge on any atom is 0.410 e. The van der Waals surface area contributed by atoms with Gasteiger partial charge in [0, 0.05) is 6.54 Å². The minimum atomic E-state index is -0.507. The first-order valence-electron chi connectivity index (χ1n) is 9.23. The van der Waals surface area contributed by atoms with Gasteiger partial charge in [0.2, 0.25) is 0 Å². The summed E-state index contributed by atoms with van der Waals surface area (Å²) in [6, 6.07) is 7.46. The fraction of sp³-hybridized carbons (Fsp3) is 0.524. The SMILES string of the molecule is CCOC(=O)c1cccc(C2=CC(CC)N(C(=O)OC(C)(C)C)CC2)c1. The number of carbonyl (C=O) groups is 2. The molecule has 1 heterocycles. The van der Waals surface area contributed by atoms with Crippen LogP contribution in [-0.2, 0) is 9.47 Å². The van der Waals surface area contributed by atoms with Crippen LogP contribution in [0.3, 0.4) is 0 Å². The van der Waals surface area contributed by atoms with Crippen molar-refractivity contribution in [2.75, 3.05) is 13.2 Å². The Kier molecular flexibility index (Phi) is 6.46. The van der Waals surface area contributed by atoms with Gasteiger partial charge in [-0.1, -0.05) is 25.1 Å². The van der Waals surface area contributed by atoms with Crippen molar-refractivity contribution in [2.24, 2.45) is 0 Å². The molecule has 0 aliphatic carbocycles. The lowest BCUT2D eigenvalue weighted by Crippen LogP contribution is -2.44. The molecule has 1 aliphatic heterocycles. The molecule has 2 rings (SSSR count). The molecule has 142 valence electrons. The maximum atomic E-state index is 12.5. The van der Waals surface area contributed by atoms with Crippen molar-refractivity contribution in [1.29, 1.82) is 0 Å². The molecule has 0 radical (unpaired) electrons. The highest BCUT2D eigenvalue weighted by Gasteiger charge is 2.29. The normalized spacial score (nSPS) is 17.5. The van der Waals surface area contributed by atoms with E-state index in [1.807, 2.05) is 39.0 Å². The van der Waals surface area contributed by atoms with Crippen LogP contribution in [0.25, 0.3) is 5.57 Å². The van der Waals surface area contributed by atoms with E-state index in [0.29, 0.717) is 18.7 Å². The lowest BCUT2D eigenvalue weighted by atomic mass is 9.94. The third-order valence-electron chi connectivity index (χ3n) is 4.21. The monoisotopic (exact) mass is 359 g/mol. The van der Waals surface area contributed by atoms with Crippen LogP contribution in [0.5, 0.6) is 0 Å². The number of amides is 1. The molecule has 1 aliphatic rings. The Morgan fingerprint density at radius 2 is 1.96 bits per heavy atom. The molecule has 0 fully saturated rings. The smallest absolute Gasteiger partial charge is 0.410 e. The zero-order chi connectivity index (χ0) is 19.3. The van der Waals surface area contributed by atoms with Crippen LogP contribution in [0.4, 0.5) is 4.79 Å².